The average molecular weight is 346 g/mol. The number of piperazine rings is 1. The molecule has 3 rings (SSSR count). The van der Waals surface area contributed by atoms with Crippen molar-refractivity contribution in [1.82, 2.24) is 16.0 Å². The van der Waals surface area contributed by atoms with E-state index >= 15 is 0 Å². The van der Waals surface area contributed by atoms with Crippen molar-refractivity contribution >= 4 is 17.6 Å². The van der Waals surface area contributed by atoms with Gasteiger partial charge in [0.05, 0.1) is 18.7 Å². The second-order valence-corrected chi connectivity index (χ2v) is 6.61. The summed E-state index contributed by atoms with van der Waals surface area (Å²) in [5.74, 6) is 0.0500. The third-order valence-corrected chi connectivity index (χ3v) is 4.67. The summed E-state index contributed by atoms with van der Waals surface area (Å²) in [6, 6.07) is 7.76. The molecule has 2 aliphatic rings. The summed E-state index contributed by atoms with van der Waals surface area (Å²) in [4.78, 5) is 25.5. The molecule has 0 saturated carbocycles. The third kappa shape index (κ3) is 4.85. The van der Waals surface area contributed by atoms with Crippen LogP contribution in [0.25, 0.3) is 0 Å². The van der Waals surface area contributed by atoms with E-state index in [1.165, 1.54) is 0 Å². The second kappa shape index (κ2) is 8.20. The van der Waals surface area contributed by atoms with Crippen molar-refractivity contribution in [3.05, 3.63) is 29.8 Å². The van der Waals surface area contributed by atoms with E-state index in [0.717, 1.165) is 37.2 Å². The molecular formula is C18H26N4O3. The van der Waals surface area contributed by atoms with Gasteiger partial charge < -0.3 is 25.6 Å². The standard InChI is InChI=1S/C18H26N4O3/c1-13(16-3-2-10-25-16)21-18(24)20-11-14-4-6-15(7-5-14)22-9-8-19-17(23)12-22/h4-7,13,16H,2-3,8-12H2,1H3,(H,19,23)(H2,20,21,24)/t13-,16-/m1/s1. The minimum Gasteiger partial charge on any atom is -0.376 e. The van der Waals surface area contributed by atoms with Crippen LogP contribution in [0.5, 0.6) is 0 Å². The number of amides is 3. The largest absolute Gasteiger partial charge is 0.376 e. The van der Waals surface area contributed by atoms with E-state index in [9.17, 15) is 9.59 Å². The lowest BCUT2D eigenvalue weighted by atomic mass is 10.1. The Balaban J connectivity index is 1.45. The van der Waals surface area contributed by atoms with Crippen LogP contribution in [0.15, 0.2) is 24.3 Å². The highest BCUT2D eigenvalue weighted by Crippen LogP contribution is 2.16. The Morgan fingerprint density at radius 3 is 2.88 bits per heavy atom. The van der Waals surface area contributed by atoms with E-state index in [2.05, 4.69) is 16.0 Å². The zero-order valence-electron chi connectivity index (χ0n) is 14.6. The van der Waals surface area contributed by atoms with Gasteiger partial charge in [0.25, 0.3) is 0 Å². The summed E-state index contributed by atoms with van der Waals surface area (Å²) in [6.07, 6.45) is 2.17. The molecular weight excluding hydrogens is 320 g/mol. The van der Waals surface area contributed by atoms with E-state index in [1.807, 2.05) is 36.1 Å². The lowest BCUT2D eigenvalue weighted by Crippen LogP contribution is -2.47. The van der Waals surface area contributed by atoms with E-state index < -0.39 is 0 Å². The lowest BCUT2D eigenvalue weighted by molar-refractivity contribution is -0.120. The topological polar surface area (TPSA) is 82.7 Å². The van der Waals surface area contributed by atoms with Crippen molar-refractivity contribution in [2.45, 2.75) is 38.5 Å². The number of nitrogens with zero attached hydrogens (tertiary/aromatic N) is 1. The first-order valence-electron chi connectivity index (χ1n) is 8.88. The van der Waals surface area contributed by atoms with Gasteiger partial charge in [-0.25, -0.2) is 4.79 Å². The van der Waals surface area contributed by atoms with Crippen LogP contribution in [0.2, 0.25) is 0 Å². The molecule has 1 aromatic carbocycles. The van der Waals surface area contributed by atoms with E-state index in [0.29, 0.717) is 19.6 Å². The fraction of sp³-hybridized carbons (Fsp3) is 0.556. The molecule has 25 heavy (non-hydrogen) atoms. The monoisotopic (exact) mass is 346 g/mol. The molecule has 0 aliphatic carbocycles. The van der Waals surface area contributed by atoms with Crippen molar-refractivity contribution in [1.29, 1.82) is 0 Å². The molecule has 1 aromatic rings. The van der Waals surface area contributed by atoms with Crippen LogP contribution < -0.4 is 20.9 Å². The maximum Gasteiger partial charge on any atom is 0.315 e. The fourth-order valence-electron chi connectivity index (χ4n) is 3.21. The second-order valence-electron chi connectivity index (χ2n) is 6.61. The van der Waals surface area contributed by atoms with Gasteiger partial charge in [0.2, 0.25) is 5.91 Å². The number of hydrogen-bond donors (Lipinski definition) is 3. The van der Waals surface area contributed by atoms with Gasteiger partial charge in [-0.05, 0) is 37.5 Å². The Morgan fingerprint density at radius 1 is 1.40 bits per heavy atom. The van der Waals surface area contributed by atoms with Crippen LogP contribution in [-0.4, -0.2) is 50.3 Å². The first-order valence-corrected chi connectivity index (χ1v) is 8.88. The Kier molecular flexibility index (Phi) is 5.75. The first-order chi connectivity index (χ1) is 12.1. The molecule has 7 heteroatoms. The zero-order chi connectivity index (χ0) is 17.6. The van der Waals surface area contributed by atoms with Crippen molar-refractivity contribution < 1.29 is 14.3 Å². The number of anilines is 1. The minimum atomic E-state index is -0.181. The number of rotatable bonds is 5. The molecule has 2 atom stereocenters. The van der Waals surface area contributed by atoms with Crippen LogP contribution in [-0.2, 0) is 16.1 Å². The number of urea groups is 1. The van der Waals surface area contributed by atoms with Crippen LogP contribution in [0.4, 0.5) is 10.5 Å². The average Bonchev–Trinajstić information content (AvgIpc) is 3.15. The van der Waals surface area contributed by atoms with Gasteiger partial charge in [0, 0.05) is 31.9 Å². The molecule has 2 heterocycles. The van der Waals surface area contributed by atoms with Crippen molar-refractivity contribution in [2.24, 2.45) is 0 Å². The first kappa shape index (κ1) is 17.5. The van der Waals surface area contributed by atoms with Crippen LogP contribution in [0.1, 0.15) is 25.3 Å². The number of carbonyl (C=O) groups is 2. The van der Waals surface area contributed by atoms with Gasteiger partial charge in [0.1, 0.15) is 0 Å². The van der Waals surface area contributed by atoms with Crippen molar-refractivity contribution in [3.63, 3.8) is 0 Å². The Labute approximate surface area is 148 Å². The third-order valence-electron chi connectivity index (χ3n) is 4.67. The number of benzene rings is 1. The Morgan fingerprint density at radius 2 is 2.20 bits per heavy atom. The molecule has 2 fully saturated rings. The van der Waals surface area contributed by atoms with Crippen LogP contribution >= 0.6 is 0 Å². The minimum absolute atomic E-state index is 0.00937. The maximum atomic E-state index is 12.0. The molecule has 2 saturated heterocycles. The van der Waals surface area contributed by atoms with Gasteiger partial charge in [-0.2, -0.15) is 0 Å². The smallest absolute Gasteiger partial charge is 0.315 e. The number of nitrogens with one attached hydrogen (secondary N) is 3. The number of carbonyl (C=O) groups excluding carboxylic acids is 2. The molecule has 3 N–H and O–H groups in total. The molecule has 0 spiro atoms. The highest BCUT2D eigenvalue weighted by atomic mass is 16.5. The maximum absolute atomic E-state index is 12.0. The summed E-state index contributed by atoms with van der Waals surface area (Å²) in [6.45, 7) is 5.09. The highest BCUT2D eigenvalue weighted by molar-refractivity contribution is 5.82. The SMILES string of the molecule is C[C@@H](NC(=O)NCc1ccc(N2CCNC(=O)C2)cc1)[C@H]1CCCO1. The summed E-state index contributed by atoms with van der Waals surface area (Å²) < 4.78 is 5.58. The van der Waals surface area contributed by atoms with E-state index in [4.69, 9.17) is 4.74 Å². The summed E-state index contributed by atoms with van der Waals surface area (Å²) in [7, 11) is 0. The van der Waals surface area contributed by atoms with Crippen LogP contribution in [0, 0.1) is 0 Å². The molecule has 0 unspecified atom stereocenters. The van der Waals surface area contributed by atoms with Gasteiger partial charge in [-0.15, -0.1) is 0 Å². The number of ether oxygens (including phenoxy) is 1. The molecule has 0 aromatic heterocycles. The molecule has 7 nitrogen and oxygen atoms in total. The Hall–Kier alpha value is -2.28. The van der Waals surface area contributed by atoms with Gasteiger partial charge in [-0.3, -0.25) is 4.79 Å². The van der Waals surface area contributed by atoms with E-state index in [-0.39, 0.29) is 24.1 Å². The quantitative estimate of drug-likeness (QED) is 0.742. The molecule has 136 valence electrons. The van der Waals surface area contributed by atoms with Crippen molar-refractivity contribution in [3.8, 4) is 0 Å². The lowest BCUT2D eigenvalue weighted by Gasteiger charge is -2.28. The number of hydrogen-bond acceptors (Lipinski definition) is 4. The van der Waals surface area contributed by atoms with Gasteiger partial charge >= 0.3 is 6.03 Å². The predicted octanol–water partition coefficient (Wildman–Crippen LogP) is 0.990. The summed E-state index contributed by atoms with van der Waals surface area (Å²) in [5.41, 5.74) is 2.04. The summed E-state index contributed by atoms with van der Waals surface area (Å²) in [5, 5.41) is 8.63. The fourth-order valence-corrected chi connectivity index (χ4v) is 3.21. The molecule has 2 aliphatic heterocycles. The molecule has 0 radical (unpaired) electrons. The normalized spacial score (nSPS) is 21.6. The van der Waals surface area contributed by atoms with Crippen LogP contribution in [0.3, 0.4) is 0 Å². The Bertz CT molecular complexity index is 599. The predicted molar refractivity (Wildman–Crippen MR) is 95.5 cm³/mol. The molecule has 0 bridgehead atoms. The zero-order valence-corrected chi connectivity index (χ0v) is 14.6. The van der Waals surface area contributed by atoms with Gasteiger partial charge in [0.15, 0.2) is 0 Å². The van der Waals surface area contributed by atoms with E-state index in [1.54, 1.807) is 0 Å². The molecule has 3 amide bonds. The van der Waals surface area contributed by atoms with Crippen molar-refractivity contribution in [2.75, 3.05) is 31.1 Å². The summed E-state index contributed by atoms with van der Waals surface area (Å²) >= 11 is 0. The van der Waals surface area contributed by atoms with Gasteiger partial charge in [-0.1, -0.05) is 12.1 Å². The highest BCUT2D eigenvalue weighted by Gasteiger charge is 2.23.